The molecule has 20 heteroatoms. The molecule has 29 atom stereocenters. The number of allylic oxidation sites excluding steroid dienone is 1. The van der Waals surface area contributed by atoms with Gasteiger partial charge in [-0.05, 0) is 135 Å². The first-order chi connectivity index (χ1) is 34.2. The van der Waals surface area contributed by atoms with E-state index in [9.17, 15) is 61.3 Å². The quantitative estimate of drug-likeness (QED) is 0.0993. The molecule has 0 unspecified atom stereocenters. The molecule has 0 spiro atoms. The third kappa shape index (κ3) is 8.83. The summed E-state index contributed by atoms with van der Waals surface area (Å²) < 4.78 is 41.7. The van der Waals surface area contributed by atoms with Gasteiger partial charge in [0.15, 0.2) is 12.6 Å². The van der Waals surface area contributed by atoms with E-state index in [1.807, 2.05) is 6.92 Å². The van der Waals surface area contributed by atoms with Crippen LogP contribution in [0.3, 0.4) is 0 Å². The van der Waals surface area contributed by atoms with Crippen molar-refractivity contribution >= 4 is 5.97 Å². The minimum Gasteiger partial charge on any atom is -0.432 e. The predicted octanol–water partition coefficient (Wildman–Crippen LogP) is -0.239. The lowest BCUT2D eigenvalue weighted by molar-refractivity contribution is -0.338. The summed E-state index contributed by atoms with van der Waals surface area (Å²) in [6, 6.07) is 0. The number of esters is 1. The number of fused-ring (bicyclic) bond motifs is 7. The molecule has 0 aromatic heterocycles. The molecule has 9 aliphatic rings. The van der Waals surface area contributed by atoms with Crippen molar-refractivity contribution in [2.24, 2.45) is 62.6 Å². The van der Waals surface area contributed by atoms with Crippen LogP contribution in [0.2, 0.25) is 0 Å². The molecule has 0 aromatic carbocycles. The minimum atomic E-state index is -1.82. The van der Waals surface area contributed by atoms with Crippen LogP contribution in [0.15, 0.2) is 12.2 Å². The number of hydrogen-bond acceptors (Lipinski definition) is 20. The molecule has 9 rings (SSSR count). The lowest BCUT2D eigenvalue weighted by atomic mass is 9.31. The van der Waals surface area contributed by atoms with Crippen molar-refractivity contribution in [3.8, 4) is 0 Å². The van der Waals surface area contributed by atoms with Crippen LogP contribution in [-0.4, -0.2) is 204 Å². The third-order valence-corrected chi connectivity index (χ3v) is 21.8. The van der Waals surface area contributed by atoms with Crippen LogP contribution in [0.4, 0.5) is 0 Å². The van der Waals surface area contributed by atoms with Crippen molar-refractivity contribution in [2.45, 2.75) is 229 Å². The zero-order valence-electron chi connectivity index (χ0n) is 43.5. The van der Waals surface area contributed by atoms with E-state index in [0.29, 0.717) is 18.8 Å². The van der Waals surface area contributed by atoms with Gasteiger partial charge in [0.05, 0.1) is 37.4 Å². The number of ether oxygens (including phenoxy) is 7. The molecular weight excluding hydrogens is 957 g/mol. The SMILES string of the molecule is C=C(C)[C@@H]1CC[C@]2(C(=O)O[C@@H]3O[C@H](CO[C@@H]4O[C@H](CO)[C@@H](O)[C@H](O)[C@H]4O)[C@@H](O)[C@H](O)[C@H]3O)CC[C@]3(C)[C@H](CC[C@@H]4[C@@]5(C)CC[C@H]([C@@H]6OC[C@H](O)[C@H](O)[C@H]6O[C@@H]6O[C@@H](C)[C@H](O)[C@@H](O)[C@H]6O)C(C)(C)[C@@H]5CC[C@]43C)[C@@H]12. The van der Waals surface area contributed by atoms with Crippen LogP contribution in [0, 0.1) is 62.6 Å². The monoisotopic (exact) mass is 1040 g/mol. The maximum Gasteiger partial charge on any atom is 0.314 e. The minimum absolute atomic E-state index is 0.0131. The maximum atomic E-state index is 15.1. The second-order valence-electron chi connectivity index (χ2n) is 25.4. The Morgan fingerprint density at radius 3 is 1.92 bits per heavy atom. The lowest BCUT2D eigenvalue weighted by Crippen LogP contribution is -2.68. The molecule has 4 saturated heterocycles. The molecule has 0 bridgehead atoms. The van der Waals surface area contributed by atoms with E-state index < -0.39 is 141 Å². The molecule has 20 nitrogen and oxygen atoms in total. The average molecular weight is 1040 g/mol. The first-order valence-electron chi connectivity index (χ1n) is 27.0. The van der Waals surface area contributed by atoms with Gasteiger partial charge in [0.1, 0.15) is 85.5 Å². The Labute approximate surface area is 427 Å². The highest BCUT2D eigenvalue weighted by Gasteiger charge is 2.73. The van der Waals surface area contributed by atoms with Gasteiger partial charge in [0, 0.05) is 0 Å². The number of hydrogen-bond donors (Lipinski definition) is 12. The van der Waals surface area contributed by atoms with Gasteiger partial charge in [-0.15, -0.1) is 0 Å². The summed E-state index contributed by atoms with van der Waals surface area (Å²) in [5.74, 6) is -0.154. The van der Waals surface area contributed by atoms with Crippen molar-refractivity contribution in [1.29, 1.82) is 0 Å². The van der Waals surface area contributed by atoms with Crippen molar-refractivity contribution in [1.82, 2.24) is 0 Å². The Kier molecular flexibility index (Phi) is 15.6. The van der Waals surface area contributed by atoms with E-state index in [1.165, 1.54) is 0 Å². The summed E-state index contributed by atoms with van der Waals surface area (Å²) in [7, 11) is 0. The Morgan fingerprint density at radius 1 is 0.616 bits per heavy atom. The Balaban J connectivity index is 0.926. The summed E-state index contributed by atoms with van der Waals surface area (Å²) in [4.78, 5) is 15.1. The molecule has 9 fully saturated rings. The van der Waals surface area contributed by atoms with Crippen LogP contribution in [0.1, 0.15) is 113 Å². The lowest BCUT2D eigenvalue weighted by Gasteiger charge is -2.73. The summed E-state index contributed by atoms with van der Waals surface area (Å²) >= 11 is 0. The van der Waals surface area contributed by atoms with Gasteiger partial charge in [0.2, 0.25) is 6.29 Å². The highest BCUT2D eigenvalue weighted by molar-refractivity contribution is 5.78. The molecule has 0 amide bonds. The van der Waals surface area contributed by atoms with Gasteiger partial charge in [0.25, 0.3) is 0 Å². The van der Waals surface area contributed by atoms with Crippen molar-refractivity contribution in [2.75, 3.05) is 19.8 Å². The molecule has 0 aromatic rings. The van der Waals surface area contributed by atoms with Crippen molar-refractivity contribution in [3.05, 3.63) is 12.2 Å². The zero-order chi connectivity index (χ0) is 53.2. The number of aliphatic hydroxyl groups is 12. The molecule has 5 saturated carbocycles. The largest absolute Gasteiger partial charge is 0.432 e. The van der Waals surface area contributed by atoms with Crippen molar-refractivity contribution < 1.29 is 99.2 Å². The number of carbonyl (C=O) groups excluding carboxylic acids is 1. The van der Waals surface area contributed by atoms with Gasteiger partial charge in [-0.3, -0.25) is 4.79 Å². The third-order valence-electron chi connectivity index (χ3n) is 21.8. The van der Waals surface area contributed by atoms with Gasteiger partial charge in [-0.1, -0.05) is 46.8 Å². The van der Waals surface area contributed by atoms with Gasteiger partial charge >= 0.3 is 5.97 Å². The van der Waals surface area contributed by atoms with Gasteiger partial charge in [-0.25, -0.2) is 0 Å². The molecule has 0 radical (unpaired) electrons. The zero-order valence-corrected chi connectivity index (χ0v) is 43.5. The van der Waals surface area contributed by atoms with E-state index in [2.05, 4.69) is 41.2 Å². The van der Waals surface area contributed by atoms with Gasteiger partial charge < -0.3 is 94.4 Å². The highest BCUT2D eigenvalue weighted by atomic mass is 16.7. The molecule has 5 aliphatic carbocycles. The molecule has 4 aliphatic heterocycles. The topological polar surface area (TPSA) is 324 Å². The van der Waals surface area contributed by atoms with E-state index in [4.69, 9.17) is 33.2 Å². The van der Waals surface area contributed by atoms with Crippen molar-refractivity contribution in [3.63, 3.8) is 0 Å². The Hall–Kier alpha value is -1.51. The fourth-order valence-corrected chi connectivity index (χ4v) is 17.5. The highest BCUT2D eigenvalue weighted by Crippen LogP contribution is 2.78. The smallest absolute Gasteiger partial charge is 0.314 e. The molecule has 4 heterocycles. The number of aliphatic hydroxyl groups excluding tert-OH is 12. The molecule has 12 N–H and O–H groups in total. The molecular formula is C53H86O20. The summed E-state index contributed by atoms with van der Waals surface area (Å²) in [5, 5.41) is 128. The second kappa shape index (κ2) is 20.3. The van der Waals surface area contributed by atoms with Crippen LogP contribution >= 0.6 is 0 Å². The molecule has 418 valence electrons. The number of rotatable bonds is 10. The first-order valence-corrected chi connectivity index (χ1v) is 27.0. The Bertz CT molecular complexity index is 1990. The van der Waals surface area contributed by atoms with Crippen LogP contribution in [-0.2, 0) is 38.0 Å². The standard InChI is InChI=1S/C53H86O20/c1-22(2)24-11-16-53(48(66)73-47-42(65)39(62)36(59)29(71-47)21-68-45-40(63)38(61)35(58)28(19-54)70-45)18-17-51(7)25(32(24)53)9-10-31-50(6)14-12-26(49(4,5)30(50)13-15-52(31,51)8)43-44(34(57)27(55)20-67-43)72-46-41(64)37(60)33(56)23(3)69-46/h23-47,54-65H,1,9-21H2,2-8H3/t23-,24-,25+,26+,27-,28+,29+,30-,31+,32+,33-,34-,35+,36+,37+,38-,39-,40+,41+,42+,43-,44+,45+,46-,47-,50-,51+,52+,53-/m0/s1. The van der Waals surface area contributed by atoms with E-state index in [0.717, 1.165) is 56.9 Å². The second-order valence-corrected chi connectivity index (χ2v) is 25.4. The Morgan fingerprint density at radius 2 is 1.25 bits per heavy atom. The first kappa shape index (κ1) is 56.2. The van der Waals surface area contributed by atoms with E-state index >= 15 is 4.79 Å². The fraction of sp³-hybridized carbons (Fsp3) is 0.943. The average Bonchev–Trinajstić information content (AvgIpc) is 3.75. The predicted molar refractivity (Wildman–Crippen MR) is 254 cm³/mol. The summed E-state index contributed by atoms with van der Waals surface area (Å²) in [5.41, 5.74) is -0.769. The van der Waals surface area contributed by atoms with E-state index in [-0.39, 0.29) is 57.9 Å². The van der Waals surface area contributed by atoms with Gasteiger partial charge in [-0.2, -0.15) is 0 Å². The normalized spacial score (nSPS) is 55.8. The summed E-state index contributed by atoms with van der Waals surface area (Å²) in [6.07, 6.45) is -19.7. The number of carbonyl (C=O) groups is 1. The van der Waals surface area contributed by atoms with Crippen LogP contribution in [0.25, 0.3) is 0 Å². The van der Waals surface area contributed by atoms with Crippen LogP contribution < -0.4 is 0 Å². The van der Waals surface area contributed by atoms with Crippen LogP contribution in [0.5, 0.6) is 0 Å². The fourth-order valence-electron chi connectivity index (χ4n) is 17.5. The summed E-state index contributed by atoms with van der Waals surface area (Å²) in [6.45, 7) is 18.6. The maximum absolute atomic E-state index is 15.1. The van der Waals surface area contributed by atoms with E-state index in [1.54, 1.807) is 6.92 Å². The molecule has 73 heavy (non-hydrogen) atoms.